The third-order valence-electron chi connectivity index (χ3n) is 2.33. The Morgan fingerprint density at radius 1 is 1.47 bits per heavy atom. The van der Waals surface area contributed by atoms with E-state index in [1.54, 1.807) is 29.6 Å². The monoisotopic (exact) mass is 252 g/mol. The number of fused-ring (bicyclic) bond motifs is 1. The molecule has 0 spiro atoms. The number of aryl methyl sites for hydroxylation is 2. The summed E-state index contributed by atoms with van der Waals surface area (Å²) in [4.78, 5) is 30.8. The zero-order valence-corrected chi connectivity index (χ0v) is 10.6. The fraction of sp³-hybridized carbons (Fsp3) is 0.400. The van der Waals surface area contributed by atoms with Crippen molar-refractivity contribution < 1.29 is 4.79 Å². The Labute approximate surface area is 102 Å². The van der Waals surface area contributed by atoms with E-state index in [9.17, 15) is 9.59 Å². The molecule has 0 aliphatic heterocycles. The number of thioether (sulfide) groups is 1. The Morgan fingerprint density at radius 3 is 2.82 bits per heavy atom. The average Bonchev–Trinajstić information content (AvgIpc) is 2.64. The molecule has 0 atom stereocenters. The Bertz CT molecular complexity index is 644. The highest BCUT2D eigenvalue weighted by Gasteiger charge is 2.12. The van der Waals surface area contributed by atoms with Gasteiger partial charge >= 0.3 is 0 Å². The van der Waals surface area contributed by atoms with Crippen LogP contribution in [-0.4, -0.2) is 30.6 Å². The minimum Gasteiger partial charge on any atom is -0.328 e. The molecule has 0 fully saturated rings. The Hall–Kier alpha value is -1.63. The number of hydrogen-bond acceptors (Lipinski definition) is 5. The van der Waals surface area contributed by atoms with E-state index in [-0.39, 0.29) is 11.3 Å². The van der Waals surface area contributed by atoms with Crippen molar-refractivity contribution >= 4 is 28.7 Å². The van der Waals surface area contributed by atoms with Crippen LogP contribution in [0.2, 0.25) is 0 Å². The third-order valence-corrected chi connectivity index (χ3v) is 3.50. The van der Waals surface area contributed by atoms with Crippen LogP contribution in [0.1, 0.15) is 6.92 Å². The van der Waals surface area contributed by atoms with Gasteiger partial charge in [-0.25, -0.2) is 4.98 Å². The molecule has 2 aromatic rings. The van der Waals surface area contributed by atoms with Crippen LogP contribution < -0.4 is 5.56 Å². The second-order valence-electron chi connectivity index (χ2n) is 3.78. The molecule has 0 saturated carbocycles. The molecule has 6 nitrogen and oxygen atoms in total. The van der Waals surface area contributed by atoms with Crippen molar-refractivity contribution in [3.05, 3.63) is 16.7 Å². The molecule has 2 rings (SSSR count). The van der Waals surface area contributed by atoms with Gasteiger partial charge in [0.25, 0.3) is 5.56 Å². The minimum absolute atomic E-state index is 0.0466. The standard InChI is InChI=1S/C10H12N4O2S/c1-6(15)4-17-10-12-9(16)7-8(14(10)3)11-5-13(7)2/h5H,4H2,1-3H3. The van der Waals surface area contributed by atoms with Crippen molar-refractivity contribution in [3.8, 4) is 0 Å². The lowest BCUT2D eigenvalue weighted by molar-refractivity contribution is -0.114. The topological polar surface area (TPSA) is 69.8 Å². The zero-order valence-electron chi connectivity index (χ0n) is 9.80. The number of imidazole rings is 1. The Morgan fingerprint density at radius 2 is 2.18 bits per heavy atom. The van der Waals surface area contributed by atoms with Gasteiger partial charge in [-0.1, -0.05) is 11.8 Å². The van der Waals surface area contributed by atoms with E-state index >= 15 is 0 Å². The molecule has 90 valence electrons. The van der Waals surface area contributed by atoms with Crippen molar-refractivity contribution in [2.75, 3.05) is 5.75 Å². The molecule has 0 amide bonds. The van der Waals surface area contributed by atoms with E-state index in [4.69, 9.17) is 0 Å². The smallest absolute Gasteiger partial charge is 0.299 e. The Kier molecular flexibility index (Phi) is 3.01. The second-order valence-corrected chi connectivity index (χ2v) is 4.72. The number of Topliss-reactive ketones (excluding diaryl/α,β-unsaturated/α-hetero) is 1. The van der Waals surface area contributed by atoms with Crippen molar-refractivity contribution in [1.29, 1.82) is 0 Å². The van der Waals surface area contributed by atoms with Gasteiger partial charge in [-0.05, 0) is 6.92 Å². The molecule has 0 aromatic carbocycles. The summed E-state index contributed by atoms with van der Waals surface area (Å²) in [5.74, 6) is 0.351. The lowest BCUT2D eigenvalue weighted by atomic mass is 10.5. The van der Waals surface area contributed by atoms with Crippen LogP contribution in [0.3, 0.4) is 0 Å². The van der Waals surface area contributed by atoms with Crippen molar-refractivity contribution in [2.24, 2.45) is 14.1 Å². The van der Waals surface area contributed by atoms with Gasteiger partial charge in [0.05, 0.1) is 12.1 Å². The van der Waals surface area contributed by atoms with E-state index in [2.05, 4.69) is 9.97 Å². The largest absolute Gasteiger partial charge is 0.328 e. The molecule has 0 radical (unpaired) electrons. The van der Waals surface area contributed by atoms with E-state index in [0.29, 0.717) is 22.1 Å². The van der Waals surface area contributed by atoms with E-state index < -0.39 is 0 Å². The maximum Gasteiger partial charge on any atom is 0.299 e. The quantitative estimate of drug-likeness (QED) is 0.582. The number of carbonyl (C=O) groups is 1. The maximum atomic E-state index is 11.8. The predicted octanol–water partition coefficient (Wildman–Crippen LogP) is 0.348. The summed E-state index contributed by atoms with van der Waals surface area (Å²) in [6.45, 7) is 1.50. The van der Waals surface area contributed by atoms with Gasteiger partial charge in [0.2, 0.25) is 0 Å². The zero-order chi connectivity index (χ0) is 12.6. The van der Waals surface area contributed by atoms with Crippen LogP contribution in [0.4, 0.5) is 0 Å². The van der Waals surface area contributed by atoms with Gasteiger partial charge in [0.1, 0.15) is 5.78 Å². The number of hydrogen-bond donors (Lipinski definition) is 0. The highest BCUT2D eigenvalue weighted by atomic mass is 32.2. The van der Waals surface area contributed by atoms with Crippen LogP contribution >= 0.6 is 11.8 Å². The molecule has 2 heterocycles. The van der Waals surface area contributed by atoms with Crippen LogP contribution in [0, 0.1) is 0 Å². The summed E-state index contributed by atoms with van der Waals surface area (Å²) in [5.41, 5.74) is 0.738. The van der Waals surface area contributed by atoms with E-state index in [0.717, 1.165) is 0 Å². The third kappa shape index (κ3) is 2.10. The van der Waals surface area contributed by atoms with Crippen LogP contribution in [-0.2, 0) is 18.9 Å². The maximum absolute atomic E-state index is 11.8. The SMILES string of the molecule is CC(=O)CSc1nc(=O)c2c(ncn2C)n1C. The number of carbonyl (C=O) groups excluding carboxylic acids is 1. The molecule has 2 aromatic heterocycles. The van der Waals surface area contributed by atoms with Gasteiger partial charge in [0.15, 0.2) is 16.3 Å². The highest BCUT2D eigenvalue weighted by Crippen LogP contribution is 2.16. The molecule has 0 saturated heterocycles. The summed E-state index contributed by atoms with van der Waals surface area (Å²) < 4.78 is 3.37. The predicted molar refractivity (Wildman–Crippen MR) is 65.2 cm³/mol. The van der Waals surface area contributed by atoms with Gasteiger partial charge in [-0.2, -0.15) is 4.98 Å². The number of aromatic nitrogens is 4. The first kappa shape index (κ1) is 11.8. The molecular weight excluding hydrogens is 240 g/mol. The fourth-order valence-electron chi connectivity index (χ4n) is 1.51. The van der Waals surface area contributed by atoms with Gasteiger partial charge in [-0.3, -0.25) is 9.59 Å². The van der Waals surface area contributed by atoms with E-state index in [1.807, 2.05) is 0 Å². The highest BCUT2D eigenvalue weighted by molar-refractivity contribution is 7.99. The average molecular weight is 252 g/mol. The first-order chi connectivity index (χ1) is 8.00. The molecule has 0 aliphatic rings. The van der Waals surface area contributed by atoms with Gasteiger partial charge in [0, 0.05) is 14.1 Å². The van der Waals surface area contributed by atoms with Crippen molar-refractivity contribution in [1.82, 2.24) is 19.1 Å². The van der Waals surface area contributed by atoms with Crippen molar-refractivity contribution in [2.45, 2.75) is 12.1 Å². The summed E-state index contributed by atoms with van der Waals surface area (Å²) in [6, 6.07) is 0. The first-order valence-corrected chi connectivity index (χ1v) is 5.99. The summed E-state index contributed by atoms with van der Waals surface area (Å²) in [5, 5.41) is 0.511. The lowest BCUT2D eigenvalue weighted by Gasteiger charge is -2.06. The van der Waals surface area contributed by atoms with Crippen LogP contribution in [0.5, 0.6) is 0 Å². The fourth-order valence-corrected chi connectivity index (χ4v) is 2.27. The number of rotatable bonds is 3. The molecule has 0 aliphatic carbocycles. The molecule has 0 unspecified atom stereocenters. The molecule has 17 heavy (non-hydrogen) atoms. The molecule has 0 bridgehead atoms. The second kappa shape index (κ2) is 4.33. The summed E-state index contributed by atoms with van der Waals surface area (Å²) >= 11 is 1.25. The lowest BCUT2D eigenvalue weighted by Crippen LogP contribution is -2.16. The minimum atomic E-state index is -0.316. The van der Waals surface area contributed by atoms with E-state index in [1.165, 1.54) is 18.7 Å². The summed E-state index contributed by atoms with van der Waals surface area (Å²) in [6.07, 6.45) is 1.58. The van der Waals surface area contributed by atoms with Crippen LogP contribution in [0.25, 0.3) is 11.2 Å². The van der Waals surface area contributed by atoms with Crippen molar-refractivity contribution in [3.63, 3.8) is 0 Å². The van der Waals surface area contributed by atoms with Gasteiger partial charge in [-0.15, -0.1) is 0 Å². The molecule has 0 N–H and O–H groups in total. The number of ketones is 1. The van der Waals surface area contributed by atoms with Crippen LogP contribution in [0.15, 0.2) is 16.3 Å². The normalized spacial score (nSPS) is 11.0. The molecular formula is C10H12N4O2S. The van der Waals surface area contributed by atoms with Gasteiger partial charge < -0.3 is 9.13 Å². The number of nitrogens with zero attached hydrogens (tertiary/aromatic N) is 4. The summed E-state index contributed by atoms with van der Waals surface area (Å²) in [7, 11) is 3.53. The first-order valence-electron chi connectivity index (χ1n) is 5.01. The molecule has 7 heteroatoms. The Balaban J connectivity index is 2.56.